The van der Waals surface area contributed by atoms with Gasteiger partial charge in [-0.15, -0.1) is 0 Å². The van der Waals surface area contributed by atoms with Crippen molar-refractivity contribution in [3.05, 3.63) is 12.2 Å². The maximum Gasteiger partial charge on any atom is 0.330 e. The summed E-state index contributed by atoms with van der Waals surface area (Å²) in [6.45, 7) is 9.58. The zero-order chi connectivity index (χ0) is 11.5. The third kappa shape index (κ3) is 8.18. The van der Waals surface area contributed by atoms with Crippen molar-refractivity contribution in [1.29, 1.82) is 0 Å². The predicted molar refractivity (Wildman–Crippen MR) is 62.8 cm³/mol. The van der Waals surface area contributed by atoms with E-state index >= 15 is 0 Å². The van der Waals surface area contributed by atoms with Gasteiger partial charge >= 0.3 is 5.97 Å². The van der Waals surface area contributed by atoms with Crippen LogP contribution in [-0.4, -0.2) is 37.1 Å². The first-order chi connectivity index (χ1) is 7.24. The number of carbonyl (C=O) groups is 1. The molecule has 0 aliphatic rings. The van der Waals surface area contributed by atoms with Crippen molar-refractivity contribution < 1.29 is 9.53 Å². The van der Waals surface area contributed by atoms with Crippen molar-refractivity contribution in [3.8, 4) is 0 Å². The monoisotopic (exact) mass is 213 g/mol. The molecule has 0 aliphatic carbocycles. The molecule has 88 valence electrons. The van der Waals surface area contributed by atoms with Crippen LogP contribution in [0.2, 0.25) is 0 Å². The molecule has 0 unspecified atom stereocenters. The lowest BCUT2D eigenvalue weighted by Crippen LogP contribution is -2.25. The van der Waals surface area contributed by atoms with Gasteiger partial charge in [-0.25, -0.2) is 4.79 Å². The first-order valence-corrected chi connectivity index (χ1v) is 5.80. The molecule has 0 spiro atoms. The molecule has 0 aromatic carbocycles. The lowest BCUT2D eigenvalue weighted by molar-refractivity contribution is -0.137. The summed E-state index contributed by atoms with van der Waals surface area (Å²) >= 11 is 0. The average molecular weight is 213 g/mol. The van der Waals surface area contributed by atoms with Gasteiger partial charge in [0, 0.05) is 12.6 Å². The van der Waals surface area contributed by atoms with E-state index in [1.54, 1.807) is 0 Å². The van der Waals surface area contributed by atoms with Gasteiger partial charge in [0.05, 0.1) is 6.61 Å². The molecule has 0 amide bonds. The molecule has 0 heterocycles. The highest BCUT2D eigenvalue weighted by Gasteiger charge is 1.99. The van der Waals surface area contributed by atoms with E-state index in [1.165, 1.54) is 6.08 Å². The molecule has 0 N–H and O–H groups in total. The molecule has 3 nitrogen and oxygen atoms in total. The average Bonchev–Trinajstić information content (AvgIpc) is 2.19. The molecule has 0 radical (unpaired) electrons. The number of ether oxygens (including phenoxy) is 1. The van der Waals surface area contributed by atoms with Crippen LogP contribution in [-0.2, 0) is 9.53 Å². The second-order valence-electron chi connectivity index (χ2n) is 3.46. The first kappa shape index (κ1) is 14.2. The smallest absolute Gasteiger partial charge is 0.330 e. The molecular formula is C12H23NO2. The summed E-state index contributed by atoms with van der Waals surface area (Å²) in [4.78, 5) is 13.3. The van der Waals surface area contributed by atoms with E-state index in [4.69, 9.17) is 4.74 Å². The largest absolute Gasteiger partial charge is 0.463 e. The van der Waals surface area contributed by atoms with Gasteiger partial charge in [0.1, 0.15) is 0 Å². The van der Waals surface area contributed by atoms with Crippen molar-refractivity contribution in [1.82, 2.24) is 4.90 Å². The highest BCUT2D eigenvalue weighted by molar-refractivity contribution is 5.81. The van der Waals surface area contributed by atoms with Crippen LogP contribution in [0.15, 0.2) is 12.2 Å². The molecule has 0 atom stereocenters. The SMILES string of the molecule is CCCN(C/C=C/C(=O)OCC)CCC. The van der Waals surface area contributed by atoms with E-state index in [0.717, 1.165) is 32.5 Å². The minimum absolute atomic E-state index is 0.245. The third-order valence-electron chi connectivity index (χ3n) is 1.98. The molecule has 0 aromatic heterocycles. The number of esters is 1. The summed E-state index contributed by atoms with van der Waals surface area (Å²) in [6.07, 6.45) is 5.69. The van der Waals surface area contributed by atoms with E-state index < -0.39 is 0 Å². The fraction of sp³-hybridized carbons (Fsp3) is 0.750. The first-order valence-electron chi connectivity index (χ1n) is 5.80. The third-order valence-corrected chi connectivity index (χ3v) is 1.98. The minimum Gasteiger partial charge on any atom is -0.463 e. The van der Waals surface area contributed by atoms with Crippen LogP contribution in [0.3, 0.4) is 0 Å². The van der Waals surface area contributed by atoms with Crippen molar-refractivity contribution in [3.63, 3.8) is 0 Å². The van der Waals surface area contributed by atoms with Gasteiger partial charge in [0.25, 0.3) is 0 Å². The van der Waals surface area contributed by atoms with Crippen LogP contribution in [0.25, 0.3) is 0 Å². The van der Waals surface area contributed by atoms with Crippen LogP contribution in [0.5, 0.6) is 0 Å². The Hall–Kier alpha value is -0.830. The van der Waals surface area contributed by atoms with Gasteiger partial charge in [-0.05, 0) is 32.9 Å². The fourth-order valence-corrected chi connectivity index (χ4v) is 1.42. The van der Waals surface area contributed by atoms with Gasteiger partial charge in [-0.1, -0.05) is 19.9 Å². The summed E-state index contributed by atoms with van der Waals surface area (Å²) in [5.74, 6) is -0.245. The highest BCUT2D eigenvalue weighted by atomic mass is 16.5. The van der Waals surface area contributed by atoms with Gasteiger partial charge < -0.3 is 4.74 Å². The molecule has 15 heavy (non-hydrogen) atoms. The van der Waals surface area contributed by atoms with Crippen molar-refractivity contribution >= 4 is 5.97 Å². The molecule has 0 rings (SSSR count). The Labute approximate surface area is 93.1 Å². The number of nitrogens with zero attached hydrogens (tertiary/aromatic N) is 1. The van der Waals surface area contributed by atoms with Crippen LogP contribution in [0.1, 0.15) is 33.6 Å². The Morgan fingerprint density at radius 2 is 1.80 bits per heavy atom. The molecule has 0 fully saturated rings. The summed E-state index contributed by atoms with van der Waals surface area (Å²) in [5.41, 5.74) is 0. The summed E-state index contributed by atoms with van der Waals surface area (Å²) in [6, 6.07) is 0. The minimum atomic E-state index is -0.245. The quantitative estimate of drug-likeness (QED) is 0.457. The van der Waals surface area contributed by atoms with Crippen molar-refractivity contribution in [2.45, 2.75) is 33.6 Å². The Bertz CT molecular complexity index is 184. The molecule has 0 aromatic rings. The Balaban J connectivity index is 3.81. The summed E-state index contributed by atoms with van der Waals surface area (Å²) in [7, 11) is 0. The maximum absolute atomic E-state index is 11.0. The molecular weight excluding hydrogens is 190 g/mol. The number of rotatable bonds is 8. The van der Waals surface area contributed by atoms with Gasteiger partial charge in [-0.2, -0.15) is 0 Å². The summed E-state index contributed by atoms with van der Waals surface area (Å²) < 4.78 is 4.80. The van der Waals surface area contributed by atoms with E-state index in [9.17, 15) is 4.79 Å². The van der Waals surface area contributed by atoms with Crippen LogP contribution in [0.4, 0.5) is 0 Å². The summed E-state index contributed by atoms with van der Waals surface area (Å²) in [5, 5.41) is 0. The Morgan fingerprint density at radius 3 is 2.27 bits per heavy atom. The number of hydrogen-bond donors (Lipinski definition) is 0. The van der Waals surface area contributed by atoms with Crippen molar-refractivity contribution in [2.75, 3.05) is 26.2 Å². The van der Waals surface area contributed by atoms with Gasteiger partial charge in [-0.3, -0.25) is 4.90 Å². The molecule has 0 bridgehead atoms. The lowest BCUT2D eigenvalue weighted by atomic mass is 10.3. The van der Waals surface area contributed by atoms with E-state index in [0.29, 0.717) is 6.61 Å². The predicted octanol–water partition coefficient (Wildman–Crippen LogP) is 2.23. The molecule has 0 aliphatic heterocycles. The van der Waals surface area contributed by atoms with E-state index in [-0.39, 0.29) is 5.97 Å². The second-order valence-corrected chi connectivity index (χ2v) is 3.46. The molecule has 0 saturated heterocycles. The molecule has 0 saturated carbocycles. The normalized spacial score (nSPS) is 11.2. The highest BCUT2D eigenvalue weighted by Crippen LogP contribution is 1.94. The van der Waals surface area contributed by atoms with Crippen LogP contribution < -0.4 is 0 Å². The maximum atomic E-state index is 11.0. The Morgan fingerprint density at radius 1 is 1.20 bits per heavy atom. The fourth-order valence-electron chi connectivity index (χ4n) is 1.42. The number of carbonyl (C=O) groups excluding carboxylic acids is 1. The van der Waals surface area contributed by atoms with Crippen molar-refractivity contribution in [2.24, 2.45) is 0 Å². The van der Waals surface area contributed by atoms with Crippen LogP contribution in [0, 0.1) is 0 Å². The Kier molecular flexibility index (Phi) is 9.18. The second kappa shape index (κ2) is 9.71. The van der Waals surface area contributed by atoms with Crippen LogP contribution >= 0.6 is 0 Å². The van der Waals surface area contributed by atoms with Gasteiger partial charge in [0.15, 0.2) is 0 Å². The zero-order valence-corrected chi connectivity index (χ0v) is 10.2. The van der Waals surface area contributed by atoms with E-state index in [2.05, 4.69) is 18.7 Å². The molecule has 3 heteroatoms. The lowest BCUT2D eigenvalue weighted by Gasteiger charge is -2.18. The number of hydrogen-bond acceptors (Lipinski definition) is 3. The standard InChI is InChI=1S/C12H23NO2/c1-4-9-13(10-5-2)11-7-8-12(14)15-6-3/h7-8H,4-6,9-11H2,1-3H3/b8-7+. The van der Waals surface area contributed by atoms with Gasteiger partial charge in [0.2, 0.25) is 0 Å². The van der Waals surface area contributed by atoms with E-state index in [1.807, 2.05) is 13.0 Å². The topological polar surface area (TPSA) is 29.5 Å². The zero-order valence-electron chi connectivity index (χ0n) is 10.2.